The molecule has 0 saturated heterocycles. The lowest BCUT2D eigenvalue weighted by Gasteiger charge is -2.28. The molecule has 72 valence electrons. The van der Waals surface area contributed by atoms with Crippen LogP contribution in [0.1, 0.15) is 34.1 Å². The molecular formula is C9H18BrNO. The summed E-state index contributed by atoms with van der Waals surface area (Å²) < 4.78 is 0. The smallest absolute Gasteiger partial charge is 0.222 e. The molecule has 0 bridgehead atoms. The third-order valence-corrected chi connectivity index (χ3v) is 3.26. The highest BCUT2D eigenvalue weighted by Gasteiger charge is 2.23. The van der Waals surface area contributed by atoms with Crippen molar-refractivity contribution in [3.05, 3.63) is 0 Å². The third kappa shape index (κ3) is 3.57. The van der Waals surface area contributed by atoms with Crippen molar-refractivity contribution in [3.63, 3.8) is 0 Å². The highest BCUT2D eigenvalue weighted by atomic mass is 79.9. The van der Waals surface area contributed by atoms with Gasteiger partial charge in [0.15, 0.2) is 0 Å². The molecule has 0 aromatic carbocycles. The lowest BCUT2D eigenvalue weighted by molar-refractivity contribution is -0.125. The fraction of sp³-hybridized carbons (Fsp3) is 0.889. The van der Waals surface area contributed by atoms with Crippen molar-refractivity contribution in [2.75, 3.05) is 5.33 Å². The van der Waals surface area contributed by atoms with E-state index in [0.29, 0.717) is 0 Å². The molecule has 0 aliphatic carbocycles. The fourth-order valence-corrected chi connectivity index (χ4v) is 1.19. The summed E-state index contributed by atoms with van der Waals surface area (Å²) in [5.41, 5.74) is -0.0959. The van der Waals surface area contributed by atoms with Gasteiger partial charge in [-0.2, -0.15) is 0 Å². The number of halogens is 1. The lowest BCUT2D eigenvalue weighted by Crippen LogP contribution is -2.48. The summed E-state index contributed by atoms with van der Waals surface area (Å²) in [4.78, 5) is 11.3. The van der Waals surface area contributed by atoms with Crippen LogP contribution in [-0.2, 0) is 4.79 Å². The van der Waals surface area contributed by atoms with E-state index in [1.165, 1.54) is 0 Å². The second-order valence-corrected chi connectivity index (χ2v) is 4.25. The Labute approximate surface area is 83.2 Å². The van der Waals surface area contributed by atoms with E-state index in [1.807, 2.05) is 20.8 Å². The average Bonchev–Trinajstić information content (AvgIpc) is 2.04. The van der Waals surface area contributed by atoms with Crippen LogP contribution in [0, 0.1) is 5.92 Å². The number of nitrogens with one attached hydrogen (secondary N) is 1. The summed E-state index contributed by atoms with van der Waals surface area (Å²) in [7, 11) is 0. The summed E-state index contributed by atoms with van der Waals surface area (Å²) >= 11 is 3.40. The molecule has 1 amide bonds. The number of hydrogen-bond donors (Lipinski definition) is 1. The topological polar surface area (TPSA) is 29.1 Å². The van der Waals surface area contributed by atoms with Crippen LogP contribution in [0.4, 0.5) is 0 Å². The molecule has 0 aliphatic heterocycles. The number of amides is 1. The molecule has 1 atom stereocenters. The van der Waals surface area contributed by atoms with Crippen LogP contribution >= 0.6 is 15.9 Å². The predicted molar refractivity (Wildman–Crippen MR) is 55.5 cm³/mol. The molecule has 1 N–H and O–H groups in total. The maximum Gasteiger partial charge on any atom is 0.222 e. The predicted octanol–water partition coefficient (Wildman–Crippen LogP) is 2.32. The van der Waals surface area contributed by atoms with Crippen LogP contribution in [0.2, 0.25) is 0 Å². The van der Waals surface area contributed by atoms with Crippen molar-refractivity contribution in [2.45, 2.75) is 39.7 Å². The second kappa shape index (κ2) is 4.85. The maximum atomic E-state index is 11.3. The molecule has 0 spiro atoms. The van der Waals surface area contributed by atoms with Crippen molar-refractivity contribution in [2.24, 2.45) is 5.92 Å². The van der Waals surface area contributed by atoms with Gasteiger partial charge < -0.3 is 5.32 Å². The van der Waals surface area contributed by atoms with Crippen LogP contribution in [0.5, 0.6) is 0 Å². The Kier molecular flexibility index (Phi) is 4.83. The van der Waals surface area contributed by atoms with Crippen molar-refractivity contribution >= 4 is 21.8 Å². The Morgan fingerprint density at radius 2 is 2.08 bits per heavy atom. The highest BCUT2D eigenvalue weighted by molar-refractivity contribution is 9.09. The first kappa shape index (κ1) is 11.9. The Bertz CT molecular complexity index is 153. The van der Waals surface area contributed by atoms with Gasteiger partial charge in [-0.15, -0.1) is 0 Å². The van der Waals surface area contributed by atoms with Crippen LogP contribution in [0.25, 0.3) is 0 Å². The van der Waals surface area contributed by atoms with Gasteiger partial charge in [0.1, 0.15) is 0 Å². The fourth-order valence-electron chi connectivity index (χ4n) is 0.658. The highest BCUT2D eigenvalue weighted by Crippen LogP contribution is 2.13. The van der Waals surface area contributed by atoms with Crippen molar-refractivity contribution in [1.82, 2.24) is 5.32 Å². The van der Waals surface area contributed by atoms with Crippen LogP contribution in [-0.4, -0.2) is 16.8 Å². The van der Waals surface area contributed by atoms with E-state index in [0.717, 1.165) is 11.8 Å². The lowest BCUT2D eigenvalue weighted by atomic mass is 10.0. The number of alkyl halides is 1. The maximum absolute atomic E-state index is 11.3. The van der Waals surface area contributed by atoms with Gasteiger partial charge in [0.2, 0.25) is 5.91 Å². The van der Waals surface area contributed by atoms with Gasteiger partial charge in [-0.05, 0) is 13.3 Å². The molecule has 3 heteroatoms. The minimum atomic E-state index is -0.0959. The monoisotopic (exact) mass is 235 g/mol. The summed E-state index contributed by atoms with van der Waals surface area (Å²) in [5.74, 6) is 0.189. The molecule has 0 rings (SSSR count). The van der Waals surface area contributed by atoms with Crippen molar-refractivity contribution in [1.29, 1.82) is 0 Å². The second-order valence-electron chi connectivity index (χ2n) is 3.69. The Morgan fingerprint density at radius 1 is 1.58 bits per heavy atom. The van der Waals surface area contributed by atoms with E-state index in [9.17, 15) is 4.79 Å². The van der Waals surface area contributed by atoms with E-state index >= 15 is 0 Å². The van der Waals surface area contributed by atoms with Gasteiger partial charge >= 0.3 is 0 Å². The molecule has 0 radical (unpaired) electrons. The SMILES string of the molecule is CCC(C)(CBr)NC(=O)C(C)C. The molecule has 0 aromatic rings. The molecule has 0 aliphatic rings. The first-order valence-corrected chi connectivity index (χ1v) is 5.45. The summed E-state index contributed by atoms with van der Waals surface area (Å²) in [5, 5.41) is 3.81. The molecule has 1 unspecified atom stereocenters. The first-order valence-electron chi connectivity index (χ1n) is 4.33. The molecular weight excluding hydrogens is 218 g/mol. The van der Waals surface area contributed by atoms with Crippen molar-refractivity contribution < 1.29 is 4.79 Å². The molecule has 12 heavy (non-hydrogen) atoms. The summed E-state index contributed by atoms with van der Waals surface area (Å²) in [6.45, 7) is 7.92. The summed E-state index contributed by atoms with van der Waals surface area (Å²) in [6.07, 6.45) is 0.941. The largest absolute Gasteiger partial charge is 0.350 e. The molecule has 0 fully saturated rings. The zero-order valence-corrected chi connectivity index (χ0v) is 9.86. The van der Waals surface area contributed by atoms with Gasteiger partial charge in [0.25, 0.3) is 0 Å². The van der Waals surface area contributed by atoms with Gasteiger partial charge in [-0.25, -0.2) is 0 Å². The molecule has 0 aromatic heterocycles. The Balaban J connectivity index is 4.12. The zero-order chi connectivity index (χ0) is 9.78. The standard InChI is InChI=1S/C9H18BrNO/c1-5-9(4,6-10)11-8(12)7(2)3/h7H,5-6H2,1-4H3,(H,11,12). The van der Waals surface area contributed by atoms with Crippen LogP contribution < -0.4 is 5.32 Å². The van der Waals surface area contributed by atoms with Crippen molar-refractivity contribution in [3.8, 4) is 0 Å². The number of hydrogen-bond acceptors (Lipinski definition) is 1. The third-order valence-electron chi connectivity index (χ3n) is 2.02. The van der Waals surface area contributed by atoms with E-state index < -0.39 is 0 Å². The van der Waals surface area contributed by atoms with Gasteiger partial charge in [0, 0.05) is 16.8 Å². The molecule has 2 nitrogen and oxygen atoms in total. The normalized spacial score (nSPS) is 15.8. The zero-order valence-electron chi connectivity index (χ0n) is 8.28. The average molecular weight is 236 g/mol. The molecule has 0 heterocycles. The van der Waals surface area contributed by atoms with E-state index in [2.05, 4.69) is 28.2 Å². The first-order chi connectivity index (χ1) is 5.45. The van der Waals surface area contributed by atoms with Crippen LogP contribution in [0.15, 0.2) is 0 Å². The van der Waals surface area contributed by atoms with Gasteiger partial charge in [0.05, 0.1) is 0 Å². The van der Waals surface area contributed by atoms with E-state index in [4.69, 9.17) is 0 Å². The minimum absolute atomic E-state index is 0.0647. The summed E-state index contributed by atoms with van der Waals surface area (Å²) in [6, 6.07) is 0. The Morgan fingerprint density at radius 3 is 2.33 bits per heavy atom. The number of carbonyl (C=O) groups is 1. The molecule has 0 saturated carbocycles. The number of carbonyl (C=O) groups excluding carboxylic acids is 1. The minimum Gasteiger partial charge on any atom is -0.350 e. The van der Waals surface area contributed by atoms with Crippen LogP contribution in [0.3, 0.4) is 0 Å². The Hall–Kier alpha value is -0.0500. The van der Waals surface area contributed by atoms with Gasteiger partial charge in [-0.1, -0.05) is 36.7 Å². The number of rotatable bonds is 4. The quantitative estimate of drug-likeness (QED) is 0.745. The van der Waals surface area contributed by atoms with E-state index in [-0.39, 0.29) is 17.4 Å². The van der Waals surface area contributed by atoms with Gasteiger partial charge in [-0.3, -0.25) is 4.79 Å². The van der Waals surface area contributed by atoms with E-state index in [1.54, 1.807) is 0 Å².